The summed E-state index contributed by atoms with van der Waals surface area (Å²) in [6.07, 6.45) is 7.66. The topological polar surface area (TPSA) is 79.1 Å². The zero-order valence-corrected chi connectivity index (χ0v) is 19.7. The van der Waals surface area contributed by atoms with Gasteiger partial charge < -0.3 is 15.4 Å². The molecular formula is C25H35N7O. The van der Waals surface area contributed by atoms with Gasteiger partial charge in [0.15, 0.2) is 11.6 Å². The minimum atomic E-state index is 0.303. The standard InChI is InChI=1S/C25H35N7O/c1-26-25(27-15-8-10-24-30-29-23-9-4-7-18-32(23)24)28-19-22(31-16-5-3-6-17-31)20-11-13-21(33-2)14-12-20/h4,7,9,11-14,18,22H,3,5-6,8,10,15-17,19H2,1-2H3,(H2,26,27,28). The van der Waals surface area contributed by atoms with Crippen molar-refractivity contribution < 1.29 is 4.74 Å². The number of benzene rings is 1. The van der Waals surface area contributed by atoms with Crippen LogP contribution in [-0.4, -0.2) is 65.8 Å². The summed E-state index contributed by atoms with van der Waals surface area (Å²) < 4.78 is 7.39. The molecule has 176 valence electrons. The molecule has 3 aromatic rings. The number of guanidine groups is 1. The van der Waals surface area contributed by atoms with Gasteiger partial charge in [-0.1, -0.05) is 24.6 Å². The molecule has 4 rings (SSSR count). The molecule has 8 heteroatoms. The summed E-state index contributed by atoms with van der Waals surface area (Å²) in [4.78, 5) is 7.02. The second-order valence-electron chi connectivity index (χ2n) is 8.41. The number of ether oxygens (including phenoxy) is 1. The van der Waals surface area contributed by atoms with Crippen LogP contribution in [-0.2, 0) is 6.42 Å². The van der Waals surface area contributed by atoms with Crippen molar-refractivity contribution in [3.63, 3.8) is 0 Å². The number of likely N-dealkylation sites (tertiary alicyclic amines) is 1. The van der Waals surface area contributed by atoms with E-state index in [0.29, 0.717) is 6.04 Å². The minimum Gasteiger partial charge on any atom is -0.497 e. The maximum Gasteiger partial charge on any atom is 0.191 e. The number of hydrogen-bond acceptors (Lipinski definition) is 5. The van der Waals surface area contributed by atoms with Crippen LogP contribution in [0, 0.1) is 0 Å². The fraction of sp³-hybridized carbons (Fsp3) is 0.480. The smallest absolute Gasteiger partial charge is 0.191 e. The van der Waals surface area contributed by atoms with Gasteiger partial charge in [0.1, 0.15) is 11.6 Å². The predicted octanol–water partition coefficient (Wildman–Crippen LogP) is 3.06. The zero-order chi connectivity index (χ0) is 22.9. The van der Waals surface area contributed by atoms with E-state index in [9.17, 15) is 0 Å². The maximum absolute atomic E-state index is 5.35. The average molecular weight is 450 g/mol. The molecule has 1 aromatic carbocycles. The van der Waals surface area contributed by atoms with Gasteiger partial charge in [0.25, 0.3) is 0 Å². The highest BCUT2D eigenvalue weighted by Gasteiger charge is 2.22. The van der Waals surface area contributed by atoms with Gasteiger partial charge in [-0.05, 0) is 62.2 Å². The molecule has 0 bridgehead atoms. The third-order valence-electron chi connectivity index (χ3n) is 6.27. The molecule has 0 spiro atoms. The molecule has 1 atom stereocenters. The molecule has 33 heavy (non-hydrogen) atoms. The Balaban J connectivity index is 1.30. The summed E-state index contributed by atoms with van der Waals surface area (Å²) >= 11 is 0. The third kappa shape index (κ3) is 6.01. The van der Waals surface area contributed by atoms with Gasteiger partial charge in [0.2, 0.25) is 0 Å². The molecule has 3 heterocycles. The molecule has 8 nitrogen and oxygen atoms in total. The van der Waals surface area contributed by atoms with Gasteiger partial charge >= 0.3 is 0 Å². The molecule has 0 aliphatic carbocycles. The van der Waals surface area contributed by atoms with Crippen LogP contribution in [0.25, 0.3) is 5.65 Å². The molecule has 0 amide bonds. The molecule has 0 saturated carbocycles. The second-order valence-corrected chi connectivity index (χ2v) is 8.41. The van der Waals surface area contributed by atoms with Crippen LogP contribution in [0.4, 0.5) is 0 Å². The number of aliphatic imine (C=N–C) groups is 1. The predicted molar refractivity (Wildman–Crippen MR) is 132 cm³/mol. The lowest BCUT2D eigenvalue weighted by Crippen LogP contribution is -2.44. The van der Waals surface area contributed by atoms with Crippen LogP contribution in [0.2, 0.25) is 0 Å². The van der Waals surface area contributed by atoms with Crippen molar-refractivity contribution in [2.24, 2.45) is 4.99 Å². The fourth-order valence-corrected chi connectivity index (χ4v) is 4.44. The number of methoxy groups -OCH3 is 1. The lowest BCUT2D eigenvalue weighted by Gasteiger charge is -2.35. The Morgan fingerprint density at radius 2 is 1.88 bits per heavy atom. The van der Waals surface area contributed by atoms with E-state index in [2.05, 4.69) is 42.9 Å². The first-order chi connectivity index (χ1) is 16.3. The first-order valence-corrected chi connectivity index (χ1v) is 11.9. The Labute approximate surface area is 196 Å². The zero-order valence-electron chi connectivity index (χ0n) is 19.7. The summed E-state index contributed by atoms with van der Waals surface area (Å²) in [5.74, 6) is 2.71. The number of hydrogen-bond donors (Lipinski definition) is 2. The normalized spacial score (nSPS) is 16.0. The Bertz CT molecular complexity index is 1020. The number of rotatable bonds is 9. The molecule has 1 fully saturated rings. The Morgan fingerprint density at radius 1 is 1.06 bits per heavy atom. The van der Waals surface area contributed by atoms with E-state index in [1.165, 1.54) is 24.8 Å². The van der Waals surface area contributed by atoms with Crippen LogP contribution < -0.4 is 15.4 Å². The Morgan fingerprint density at radius 3 is 2.64 bits per heavy atom. The van der Waals surface area contributed by atoms with Gasteiger partial charge in [-0.2, -0.15) is 0 Å². The summed E-state index contributed by atoms with van der Waals surface area (Å²) in [6.45, 7) is 3.90. The SMILES string of the molecule is CN=C(NCCCc1nnc2ccccn12)NCC(c1ccc(OC)cc1)N1CCCCC1. The number of aromatic nitrogens is 3. The Hall–Kier alpha value is -3.13. The monoisotopic (exact) mass is 449 g/mol. The van der Waals surface area contributed by atoms with Crippen LogP contribution in [0.5, 0.6) is 5.75 Å². The molecule has 0 radical (unpaired) electrons. The van der Waals surface area contributed by atoms with Gasteiger partial charge in [-0.25, -0.2) is 0 Å². The van der Waals surface area contributed by atoms with Crippen molar-refractivity contribution in [1.82, 2.24) is 30.1 Å². The largest absolute Gasteiger partial charge is 0.497 e. The van der Waals surface area contributed by atoms with E-state index >= 15 is 0 Å². The average Bonchev–Trinajstić information content (AvgIpc) is 3.29. The van der Waals surface area contributed by atoms with Crippen LogP contribution in [0.3, 0.4) is 0 Å². The summed E-state index contributed by atoms with van der Waals surface area (Å²) in [5, 5.41) is 15.5. The van der Waals surface area contributed by atoms with Gasteiger partial charge in [0.05, 0.1) is 13.2 Å². The van der Waals surface area contributed by atoms with E-state index in [0.717, 1.165) is 62.2 Å². The van der Waals surface area contributed by atoms with Crippen molar-refractivity contribution in [2.75, 3.05) is 40.3 Å². The fourth-order valence-electron chi connectivity index (χ4n) is 4.44. The van der Waals surface area contributed by atoms with E-state index in [-0.39, 0.29) is 0 Å². The summed E-state index contributed by atoms with van der Waals surface area (Å²) in [7, 11) is 3.53. The van der Waals surface area contributed by atoms with Crippen LogP contribution >= 0.6 is 0 Å². The highest BCUT2D eigenvalue weighted by Crippen LogP contribution is 2.25. The molecule has 1 aliphatic heterocycles. The lowest BCUT2D eigenvalue weighted by molar-refractivity contribution is 0.164. The van der Waals surface area contributed by atoms with Crippen molar-refractivity contribution >= 4 is 11.6 Å². The molecule has 1 unspecified atom stereocenters. The maximum atomic E-state index is 5.35. The van der Waals surface area contributed by atoms with Crippen molar-refractivity contribution in [3.05, 3.63) is 60.0 Å². The number of piperidine rings is 1. The summed E-state index contributed by atoms with van der Waals surface area (Å²) in [6, 6.07) is 14.7. The number of fused-ring (bicyclic) bond motifs is 1. The Kier molecular flexibility index (Phi) is 8.14. The highest BCUT2D eigenvalue weighted by atomic mass is 16.5. The number of nitrogens with one attached hydrogen (secondary N) is 2. The number of aryl methyl sites for hydroxylation is 1. The van der Waals surface area contributed by atoms with Crippen LogP contribution in [0.1, 0.15) is 43.1 Å². The first-order valence-electron chi connectivity index (χ1n) is 11.9. The summed E-state index contributed by atoms with van der Waals surface area (Å²) in [5.41, 5.74) is 2.19. The van der Waals surface area contributed by atoms with E-state index in [4.69, 9.17) is 4.74 Å². The van der Waals surface area contributed by atoms with Gasteiger partial charge in [0, 0.05) is 32.8 Å². The quantitative estimate of drug-likeness (QED) is 0.297. The van der Waals surface area contributed by atoms with Gasteiger partial charge in [-0.3, -0.25) is 14.3 Å². The lowest BCUT2D eigenvalue weighted by atomic mass is 10.0. The number of nitrogens with zero attached hydrogens (tertiary/aromatic N) is 5. The highest BCUT2D eigenvalue weighted by molar-refractivity contribution is 5.79. The first kappa shape index (κ1) is 23.0. The van der Waals surface area contributed by atoms with Gasteiger partial charge in [-0.15, -0.1) is 10.2 Å². The van der Waals surface area contributed by atoms with Crippen molar-refractivity contribution in [3.8, 4) is 5.75 Å². The third-order valence-corrected chi connectivity index (χ3v) is 6.27. The van der Waals surface area contributed by atoms with E-state index in [1.807, 2.05) is 48.0 Å². The molecular weight excluding hydrogens is 414 g/mol. The minimum absolute atomic E-state index is 0.303. The molecule has 2 aromatic heterocycles. The van der Waals surface area contributed by atoms with E-state index < -0.39 is 0 Å². The second kappa shape index (κ2) is 11.7. The van der Waals surface area contributed by atoms with Crippen LogP contribution in [0.15, 0.2) is 53.7 Å². The van der Waals surface area contributed by atoms with Crippen molar-refractivity contribution in [2.45, 2.75) is 38.1 Å². The molecule has 1 saturated heterocycles. The number of pyridine rings is 1. The molecule has 2 N–H and O–H groups in total. The van der Waals surface area contributed by atoms with Crippen molar-refractivity contribution in [1.29, 1.82) is 0 Å². The van der Waals surface area contributed by atoms with E-state index in [1.54, 1.807) is 7.11 Å². The molecule has 1 aliphatic rings.